The summed E-state index contributed by atoms with van der Waals surface area (Å²) in [6.45, 7) is 1.75. The minimum atomic E-state index is -0.561. The van der Waals surface area contributed by atoms with E-state index in [4.69, 9.17) is 0 Å². The number of hydrogen-bond donors (Lipinski definition) is 2. The number of fused-ring (bicyclic) bond motifs is 1. The van der Waals surface area contributed by atoms with Gasteiger partial charge in [-0.2, -0.15) is 0 Å². The van der Waals surface area contributed by atoms with Crippen LogP contribution in [0.3, 0.4) is 0 Å². The molecule has 3 aromatic rings. The van der Waals surface area contributed by atoms with Crippen LogP contribution in [0.4, 0.5) is 4.39 Å². The van der Waals surface area contributed by atoms with Crippen molar-refractivity contribution in [2.75, 3.05) is 0 Å². The zero-order chi connectivity index (χ0) is 15.1. The third-order valence-electron chi connectivity index (χ3n) is 3.22. The quantitative estimate of drug-likeness (QED) is 0.698. The van der Waals surface area contributed by atoms with Crippen LogP contribution in [0.25, 0.3) is 11.0 Å². The number of ketones is 1. The van der Waals surface area contributed by atoms with Crippen molar-refractivity contribution in [3.8, 4) is 0 Å². The highest BCUT2D eigenvalue weighted by Gasteiger charge is 2.18. The first kappa shape index (κ1) is 13.8. The maximum atomic E-state index is 13.9. The Morgan fingerprint density at radius 3 is 2.43 bits per heavy atom. The van der Waals surface area contributed by atoms with Crippen LogP contribution in [0.15, 0.2) is 39.6 Å². The molecule has 0 amide bonds. The van der Waals surface area contributed by atoms with Crippen molar-refractivity contribution < 1.29 is 9.18 Å². The van der Waals surface area contributed by atoms with Crippen LogP contribution >= 0.6 is 15.9 Å². The summed E-state index contributed by atoms with van der Waals surface area (Å²) in [5, 5.41) is 0. The maximum Gasteiger partial charge on any atom is 0.323 e. The van der Waals surface area contributed by atoms with E-state index in [0.29, 0.717) is 21.1 Å². The van der Waals surface area contributed by atoms with Gasteiger partial charge in [-0.25, -0.2) is 9.18 Å². The highest BCUT2D eigenvalue weighted by atomic mass is 79.9. The second kappa shape index (κ2) is 4.96. The van der Waals surface area contributed by atoms with E-state index in [9.17, 15) is 14.0 Å². The summed E-state index contributed by atoms with van der Waals surface area (Å²) in [5.74, 6) is -1.00. The SMILES string of the molecule is Cc1ccc(C(=O)c2cc3[nH]c(=O)[nH]c3cc2Br)c(F)c1. The van der Waals surface area contributed by atoms with Gasteiger partial charge in [-0.3, -0.25) is 4.79 Å². The number of hydrogen-bond acceptors (Lipinski definition) is 2. The van der Waals surface area contributed by atoms with Gasteiger partial charge in [-0.1, -0.05) is 6.07 Å². The number of carbonyl (C=O) groups excluding carboxylic acids is 1. The van der Waals surface area contributed by atoms with Crippen LogP contribution in [0.2, 0.25) is 0 Å². The lowest BCUT2D eigenvalue weighted by atomic mass is 10.0. The van der Waals surface area contributed by atoms with Crippen LogP contribution in [0.5, 0.6) is 0 Å². The molecule has 0 saturated carbocycles. The molecule has 0 aliphatic heterocycles. The van der Waals surface area contributed by atoms with E-state index in [1.54, 1.807) is 19.1 Å². The van der Waals surface area contributed by atoms with Crippen molar-refractivity contribution in [2.45, 2.75) is 6.92 Å². The van der Waals surface area contributed by atoms with Crippen molar-refractivity contribution >= 4 is 32.7 Å². The smallest absolute Gasteiger partial charge is 0.306 e. The van der Waals surface area contributed by atoms with Crippen molar-refractivity contribution in [1.29, 1.82) is 0 Å². The molecule has 0 aliphatic rings. The Bertz CT molecular complexity index is 927. The Kier molecular flexibility index (Phi) is 3.25. The van der Waals surface area contributed by atoms with Gasteiger partial charge >= 0.3 is 5.69 Å². The van der Waals surface area contributed by atoms with Gasteiger partial charge in [0.25, 0.3) is 0 Å². The lowest BCUT2D eigenvalue weighted by Crippen LogP contribution is -2.05. The summed E-state index contributed by atoms with van der Waals surface area (Å²) in [7, 11) is 0. The molecule has 106 valence electrons. The zero-order valence-electron chi connectivity index (χ0n) is 11.0. The molecule has 0 bridgehead atoms. The molecular weight excluding hydrogens is 339 g/mol. The van der Waals surface area contributed by atoms with Gasteiger partial charge in [0.1, 0.15) is 5.82 Å². The molecule has 0 unspecified atom stereocenters. The highest BCUT2D eigenvalue weighted by molar-refractivity contribution is 9.10. The molecule has 1 aromatic heterocycles. The van der Waals surface area contributed by atoms with Crippen LogP contribution in [0.1, 0.15) is 21.5 Å². The minimum absolute atomic E-state index is 0.00136. The fourth-order valence-electron chi connectivity index (χ4n) is 2.18. The third kappa shape index (κ3) is 2.42. The molecule has 0 fully saturated rings. The molecule has 21 heavy (non-hydrogen) atoms. The second-order valence-corrected chi connectivity index (χ2v) is 5.62. The Balaban J connectivity index is 2.16. The molecule has 2 aromatic carbocycles. The Labute approximate surface area is 127 Å². The zero-order valence-corrected chi connectivity index (χ0v) is 12.5. The number of imidazole rings is 1. The van der Waals surface area contributed by atoms with E-state index in [-0.39, 0.29) is 11.3 Å². The van der Waals surface area contributed by atoms with E-state index in [1.165, 1.54) is 18.2 Å². The summed E-state index contributed by atoms with van der Waals surface area (Å²) in [4.78, 5) is 28.9. The molecule has 6 heteroatoms. The normalized spacial score (nSPS) is 11.0. The van der Waals surface area contributed by atoms with Gasteiger partial charge in [0.15, 0.2) is 5.78 Å². The number of carbonyl (C=O) groups is 1. The van der Waals surface area contributed by atoms with Gasteiger partial charge in [0, 0.05) is 10.0 Å². The Hall–Kier alpha value is -2.21. The number of aromatic nitrogens is 2. The monoisotopic (exact) mass is 348 g/mol. The lowest BCUT2D eigenvalue weighted by Gasteiger charge is -2.06. The number of nitrogens with one attached hydrogen (secondary N) is 2. The predicted molar refractivity (Wildman–Crippen MR) is 81.2 cm³/mol. The molecule has 0 aliphatic carbocycles. The van der Waals surface area contributed by atoms with E-state index in [2.05, 4.69) is 25.9 Å². The fourth-order valence-corrected chi connectivity index (χ4v) is 2.70. The summed E-state index contributed by atoms with van der Waals surface area (Å²) in [5.41, 5.74) is 1.75. The van der Waals surface area contributed by atoms with Gasteiger partial charge < -0.3 is 9.97 Å². The summed E-state index contributed by atoms with van der Waals surface area (Å²) in [6.07, 6.45) is 0. The topological polar surface area (TPSA) is 65.7 Å². The molecule has 0 atom stereocenters. The molecule has 0 saturated heterocycles. The Morgan fingerprint density at radius 2 is 1.76 bits per heavy atom. The summed E-state index contributed by atoms with van der Waals surface area (Å²) < 4.78 is 14.4. The van der Waals surface area contributed by atoms with Crippen molar-refractivity contribution in [1.82, 2.24) is 9.97 Å². The van der Waals surface area contributed by atoms with Crippen LogP contribution in [0, 0.1) is 12.7 Å². The molecule has 3 rings (SSSR count). The summed E-state index contributed by atoms with van der Waals surface area (Å²) >= 11 is 3.28. The van der Waals surface area contributed by atoms with E-state index >= 15 is 0 Å². The van der Waals surface area contributed by atoms with E-state index in [0.717, 1.165) is 5.56 Å². The van der Waals surface area contributed by atoms with Crippen molar-refractivity contribution in [3.63, 3.8) is 0 Å². The number of benzene rings is 2. The average Bonchev–Trinajstić information content (AvgIpc) is 2.76. The first-order chi connectivity index (χ1) is 9.95. The first-order valence-electron chi connectivity index (χ1n) is 6.18. The number of halogens is 2. The molecule has 2 N–H and O–H groups in total. The largest absolute Gasteiger partial charge is 0.323 e. The predicted octanol–water partition coefficient (Wildman–Crippen LogP) is 3.30. The number of aromatic amines is 2. The van der Waals surface area contributed by atoms with Gasteiger partial charge in [0.2, 0.25) is 0 Å². The van der Waals surface area contributed by atoms with Crippen molar-refractivity contribution in [3.05, 3.63) is 67.8 Å². The molecule has 1 heterocycles. The standard InChI is InChI=1S/C15H10BrFN2O2/c1-7-2-3-8(11(17)4-7)14(20)9-5-12-13(6-10(9)16)19-15(21)18-12/h2-6H,1H3,(H2,18,19,21). The van der Waals surface area contributed by atoms with E-state index < -0.39 is 11.6 Å². The average molecular weight is 349 g/mol. The lowest BCUT2D eigenvalue weighted by molar-refractivity contribution is 0.103. The number of rotatable bonds is 2. The molecule has 4 nitrogen and oxygen atoms in total. The van der Waals surface area contributed by atoms with Crippen LogP contribution < -0.4 is 5.69 Å². The van der Waals surface area contributed by atoms with Crippen LogP contribution in [-0.4, -0.2) is 15.8 Å². The molecular formula is C15H10BrFN2O2. The summed E-state index contributed by atoms with van der Waals surface area (Å²) in [6, 6.07) is 7.60. The minimum Gasteiger partial charge on any atom is -0.306 e. The first-order valence-corrected chi connectivity index (χ1v) is 6.97. The highest BCUT2D eigenvalue weighted by Crippen LogP contribution is 2.25. The molecule has 0 radical (unpaired) electrons. The maximum absolute atomic E-state index is 13.9. The number of aryl methyl sites for hydroxylation is 1. The third-order valence-corrected chi connectivity index (χ3v) is 3.87. The molecule has 0 spiro atoms. The van der Waals surface area contributed by atoms with Gasteiger partial charge in [-0.05, 0) is 52.7 Å². The van der Waals surface area contributed by atoms with Gasteiger partial charge in [0.05, 0.1) is 16.6 Å². The van der Waals surface area contributed by atoms with Crippen molar-refractivity contribution in [2.24, 2.45) is 0 Å². The van der Waals surface area contributed by atoms with Gasteiger partial charge in [-0.15, -0.1) is 0 Å². The number of H-pyrrole nitrogens is 2. The van der Waals surface area contributed by atoms with Crippen LogP contribution in [-0.2, 0) is 0 Å². The van der Waals surface area contributed by atoms with E-state index in [1.807, 2.05) is 0 Å². The fraction of sp³-hybridized carbons (Fsp3) is 0.0667. The Morgan fingerprint density at radius 1 is 1.10 bits per heavy atom. The second-order valence-electron chi connectivity index (χ2n) is 4.77.